The van der Waals surface area contributed by atoms with E-state index in [0.29, 0.717) is 37.6 Å². The number of aryl methyl sites for hydroxylation is 2. The number of methoxy groups -OCH3 is 1. The molecule has 0 bridgehead atoms. The van der Waals surface area contributed by atoms with Crippen LogP contribution >= 0.6 is 0 Å². The zero-order valence-electron chi connectivity index (χ0n) is 22.9. The summed E-state index contributed by atoms with van der Waals surface area (Å²) in [6.07, 6.45) is 6.35. The molecular formula is C28H31N9O3. The van der Waals surface area contributed by atoms with E-state index in [9.17, 15) is 9.59 Å². The summed E-state index contributed by atoms with van der Waals surface area (Å²) in [7, 11) is 3.37. The predicted octanol–water partition coefficient (Wildman–Crippen LogP) is 2.28. The van der Waals surface area contributed by atoms with Crippen LogP contribution in [0.1, 0.15) is 18.3 Å². The second-order valence-electron chi connectivity index (χ2n) is 9.35. The van der Waals surface area contributed by atoms with E-state index >= 15 is 0 Å². The summed E-state index contributed by atoms with van der Waals surface area (Å²) in [5.41, 5.74) is 10.1. The van der Waals surface area contributed by atoms with E-state index in [1.165, 1.54) is 24.3 Å². The maximum atomic E-state index is 13.6. The average Bonchev–Trinajstić information content (AvgIpc) is 3.59. The highest BCUT2D eigenvalue weighted by Gasteiger charge is 2.32. The number of nitrogens with two attached hydrogens (primary N) is 1. The first-order valence-electron chi connectivity index (χ1n) is 12.9. The first kappa shape index (κ1) is 26.6. The van der Waals surface area contributed by atoms with Gasteiger partial charge in [-0.2, -0.15) is 10.2 Å². The first-order chi connectivity index (χ1) is 19.3. The number of hydrogen-bond acceptors (Lipinski definition) is 9. The van der Waals surface area contributed by atoms with E-state index in [4.69, 9.17) is 10.5 Å². The molecule has 0 aliphatic carbocycles. The third-order valence-electron chi connectivity index (χ3n) is 6.98. The van der Waals surface area contributed by atoms with Crippen LogP contribution in [0.25, 0.3) is 22.6 Å². The molecule has 40 heavy (non-hydrogen) atoms. The highest BCUT2D eigenvalue weighted by molar-refractivity contribution is 6.53. The summed E-state index contributed by atoms with van der Waals surface area (Å²) >= 11 is 0. The van der Waals surface area contributed by atoms with Gasteiger partial charge in [0.25, 0.3) is 11.7 Å². The lowest BCUT2D eigenvalue weighted by atomic mass is 9.98. The number of ether oxygens (including phenoxy) is 1. The zero-order chi connectivity index (χ0) is 28.4. The molecule has 2 N–H and O–H groups in total. The number of carbonyl (C=O) groups is 2. The summed E-state index contributed by atoms with van der Waals surface area (Å²) in [4.78, 5) is 39.3. The lowest BCUT2D eigenvalue weighted by Gasteiger charge is -2.35. The summed E-state index contributed by atoms with van der Waals surface area (Å²) in [6.45, 7) is 5.32. The third-order valence-corrected chi connectivity index (χ3v) is 6.98. The Bertz CT molecular complexity index is 1580. The monoisotopic (exact) mass is 541 g/mol. The van der Waals surface area contributed by atoms with Crippen molar-refractivity contribution in [3.63, 3.8) is 0 Å². The minimum atomic E-state index is -0.667. The van der Waals surface area contributed by atoms with Crippen LogP contribution in [-0.4, -0.2) is 79.4 Å². The van der Waals surface area contributed by atoms with Crippen LogP contribution in [0.3, 0.4) is 0 Å². The second kappa shape index (κ2) is 11.0. The van der Waals surface area contributed by atoms with E-state index in [1.54, 1.807) is 24.8 Å². The van der Waals surface area contributed by atoms with Gasteiger partial charge in [-0.15, -0.1) is 0 Å². The van der Waals surface area contributed by atoms with E-state index in [-0.39, 0.29) is 22.8 Å². The van der Waals surface area contributed by atoms with Gasteiger partial charge in [-0.3, -0.25) is 14.3 Å². The SMILES string of the molecule is C/C=C(/C(=O)C(=O)N1CCN(c2cnn(C)c2-c2ccccc2)CC1)c1c(OC)cnc(-n2cnc(C)n2)c1N. The number of benzene rings is 1. The van der Waals surface area contributed by atoms with Crippen LogP contribution in [0.2, 0.25) is 0 Å². The maximum Gasteiger partial charge on any atom is 0.295 e. The number of amides is 1. The fourth-order valence-corrected chi connectivity index (χ4v) is 4.95. The standard InChI is InChI=1S/C28H31N9O3/c1-5-20(23-22(40-4)16-30-27(24(23)29)37-17-31-18(2)33-37)26(38)28(39)36-13-11-35(12-14-36)21-15-32-34(3)25(21)19-9-7-6-8-10-19/h5-10,15-17H,11-14,29H2,1-4H3/b20-5+. The number of rotatable bonds is 7. The van der Waals surface area contributed by atoms with Crippen LogP contribution in [0.5, 0.6) is 5.75 Å². The third kappa shape index (κ3) is 4.79. The van der Waals surface area contributed by atoms with E-state index in [2.05, 4.69) is 25.1 Å². The predicted molar refractivity (Wildman–Crippen MR) is 151 cm³/mol. The van der Waals surface area contributed by atoms with Crippen molar-refractivity contribution in [3.05, 3.63) is 66.5 Å². The molecule has 1 fully saturated rings. The summed E-state index contributed by atoms with van der Waals surface area (Å²) in [5, 5.41) is 8.74. The van der Waals surface area contributed by atoms with Crippen LogP contribution in [0.15, 0.2) is 55.1 Å². The van der Waals surface area contributed by atoms with Gasteiger partial charge in [-0.1, -0.05) is 36.4 Å². The largest absolute Gasteiger partial charge is 0.494 e. The number of ketones is 1. The number of nitrogen functional groups attached to an aromatic ring is 1. The fourth-order valence-electron chi connectivity index (χ4n) is 4.95. The van der Waals surface area contributed by atoms with Crippen molar-refractivity contribution < 1.29 is 14.3 Å². The van der Waals surface area contributed by atoms with Crippen molar-refractivity contribution in [2.24, 2.45) is 7.05 Å². The Morgan fingerprint density at radius 3 is 2.40 bits per heavy atom. The number of hydrogen-bond donors (Lipinski definition) is 1. The normalized spacial score (nSPS) is 13.9. The van der Waals surface area contributed by atoms with Gasteiger partial charge in [0.05, 0.1) is 42.1 Å². The Kier molecular flexibility index (Phi) is 7.32. The number of anilines is 2. The number of Topliss-reactive ketones (excluding diaryl/α,β-unsaturated/α-hetero) is 1. The van der Waals surface area contributed by atoms with Crippen molar-refractivity contribution in [3.8, 4) is 22.8 Å². The van der Waals surface area contributed by atoms with Gasteiger partial charge in [0.2, 0.25) is 0 Å². The molecule has 5 rings (SSSR count). The molecule has 1 saturated heterocycles. The molecule has 1 aromatic carbocycles. The molecule has 12 heteroatoms. The maximum absolute atomic E-state index is 13.6. The van der Waals surface area contributed by atoms with Gasteiger partial charge < -0.3 is 20.3 Å². The Balaban J connectivity index is 1.36. The molecule has 12 nitrogen and oxygen atoms in total. The van der Waals surface area contributed by atoms with Crippen LogP contribution < -0.4 is 15.4 Å². The van der Waals surface area contributed by atoms with Gasteiger partial charge in [0.1, 0.15) is 17.9 Å². The van der Waals surface area contributed by atoms with Crippen LogP contribution in [-0.2, 0) is 16.6 Å². The highest BCUT2D eigenvalue weighted by Crippen LogP contribution is 2.35. The summed E-state index contributed by atoms with van der Waals surface area (Å²) in [5.74, 6) is -0.160. The van der Waals surface area contributed by atoms with Crippen molar-refractivity contribution in [2.45, 2.75) is 13.8 Å². The van der Waals surface area contributed by atoms with Crippen LogP contribution in [0, 0.1) is 6.92 Å². The number of nitrogens with zero attached hydrogens (tertiary/aromatic N) is 8. The number of allylic oxidation sites excluding steroid dienone is 1. The van der Waals surface area contributed by atoms with Gasteiger partial charge in [0, 0.05) is 44.4 Å². The molecule has 0 radical (unpaired) electrons. The van der Waals surface area contributed by atoms with Gasteiger partial charge in [-0.25, -0.2) is 14.6 Å². The molecule has 0 atom stereocenters. The van der Waals surface area contributed by atoms with Crippen LogP contribution in [0.4, 0.5) is 11.4 Å². The van der Waals surface area contributed by atoms with E-state index in [0.717, 1.165) is 16.9 Å². The molecule has 0 spiro atoms. The number of aromatic nitrogens is 6. The zero-order valence-corrected chi connectivity index (χ0v) is 22.9. The molecule has 0 unspecified atom stereocenters. The van der Waals surface area contributed by atoms with Gasteiger partial charge in [-0.05, 0) is 13.8 Å². The molecule has 1 amide bonds. The second-order valence-corrected chi connectivity index (χ2v) is 9.35. The number of pyridine rings is 1. The lowest BCUT2D eigenvalue weighted by molar-refractivity contribution is -0.142. The molecular weight excluding hydrogens is 510 g/mol. The molecule has 206 valence electrons. The van der Waals surface area contributed by atoms with Crippen molar-refractivity contribution >= 4 is 28.6 Å². The molecule has 4 heterocycles. The van der Waals surface area contributed by atoms with Crippen molar-refractivity contribution in [1.82, 2.24) is 34.4 Å². The van der Waals surface area contributed by atoms with E-state index in [1.807, 2.05) is 48.3 Å². The quantitative estimate of drug-likeness (QED) is 0.276. The number of piperazine rings is 1. The first-order valence-corrected chi connectivity index (χ1v) is 12.9. The minimum Gasteiger partial charge on any atom is -0.494 e. The van der Waals surface area contributed by atoms with Crippen molar-refractivity contribution in [2.75, 3.05) is 43.9 Å². The molecule has 4 aromatic rings. The Morgan fingerprint density at radius 2 is 1.77 bits per heavy atom. The molecule has 1 aliphatic heterocycles. The Hall–Kier alpha value is -5.00. The highest BCUT2D eigenvalue weighted by atomic mass is 16.5. The molecule has 1 aliphatic rings. The minimum absolute atomic E-state index is 0.140. The lowest BCUT2D eigenvalue weighted by Crippen LogP contribution is -2.50. The Morgan fingerprint density at radius 1 is 1.05 bits per heavy atom. The summed E-state index contributed by atoms with van der Waals surface area (Å²) in [6, 6.07) is 10.1. The number of carbonyl (C=O) groups excluding carboxylic acids is 2. The topological polar surface area (TPSA) is 137 Å². The summed E-state index contributed by atoms with van der Waals surface area (Å²) < 4.78 is 8.75. The van der Waals surface area contributed by atoms with Crippen molar-refractivity contribution in [1.29, 1.82) is 0 Å². The smallest absolute Gasteiger partial charge is 0.295 e. The molecule has 0 saturated carbocycles. The average molecular weight is 542 g/mol. The molecule has 3 aromatic heterocycles. The Labute approximate surface area is 231 Å². The van der Waals surface area contributed by atoms with Gasteiger partial charge in [0.15, 0.2) is 5.82 Å². The van der Waals surface area contributed by atoms with Gasteiger partial charge >= 0.3 is 0 Å². The van der Waals surface area contributed by atoms with E-state index < -0.39 is 11.7 Å². The fraction of sp³-hybridized carbons (Fsp3) is 0.286.